The predicted octanol–water partition coefficient (Wildman–Crippen LogP) is 3.86. The van der Waals surface area contributed by atoms with Crippen LogP contribution in [0, 0.1) is 5.92 Å². The van der Waals surface area contributed by atoms with Crippen LogP contribution in [0.5, 0.6) is 0 Å². The second-order valence-corrected chi connectivity index (χ2v) is 7.10. The summed E-state index contributed by atoms with van der Waals surface area (Å²) in [6.45, 7) is 0.674. The summed E-state index contributed by atoms with van der Waals surface area (Å²) in [4.78, 5) is 12.3. The topological polar surface area (TPSA) is 44.8 Å². The van der Waals surface area contributed by atoms with Gasteiger partial charge in [-0.05, 0) is 37.5 Å². The summed E-state index contributed by atoms with van der Waals surface area (Å²) >= 11 is 0. The monoisotopic (exact) mass is 328 g/mol. The minimum Gasteiger partial charge on any atom is -0.454 e. The van der Waals surface area contributed by atoms with Crippen LogP contribution in [0.25, 0.3) is 0 Å². The lowest BCUT2D eigenvalue weighted by atomic mass is 9.85. The van der Waals surface area contributed by atoms with E-state index >= 15 is 0 Å². The molecule has 128 valence electrons. The summed E-state index contributed by atoms with van der Waals surface area (Å²) in [6, 6.07) is 9.12. The fourth-order valence-corrected chi connectivity index (χ4v) is 4.02. The highest BCUT2D eigenvalue weighted by atomic mass is 16.7. The van der Waals surface area contributed by atoms with Crippen LogP contribution in [0.15, 0.2) is 42.5 Å². The third-order valence-electron chi connectivity index (χ3n) is 5.40. The van der Waals surface area contributed by atoms with Crippen molar-refractivity contribution in [1.29, 1.82) is 0 Å². The number of benzene rings is 1. The predicted molar refractivity (Wildman–Crippen MR) is 89.5 cm³/mol. The van der Waals surface area contributed by atoms with Gasteiger partial charge in [-0.3, -0.25) is 0 Å². The maximum absolute atomic E-state index is 12.3. The van der Waals surface area contributed by atoms with E-state index in [1.54, 1.807) is 12.1 Å². The van der Waals surface area contributed by atoms with E-state index in [2.05, 4.69) is 6.08 Å². The molecular weight excluding hydrogens is 304 g/mol. The van der Waals surface area contributed by atoms with Gasteiger partial charge in [0.05, 0.1) is 23.7 Å². The molecule has 24 heavy (non-hydrogen) atoms. The Morgan fingerprint density at radius 2 is 1.92 bits per heavy atom. The second kappa shape index (κ2) is 6.69. The van der Waals surface area contributed by atoms with E-state index in [0.717, 1.165) is 19.3 Å². The molecule has 1 saturated carbocycles. The normalized spacial score (nSPS) is 31.4. The minimum absolute atomic E-state index is 0.0546. The summed E-state index contributed by atoms with van der Waals surface area (Å²) < 4.78 is 18.0. The number of hydrogen-bond donors (Lipinski definition) is 0. The van der Waals surface area contributed by atoms with Crippen LogP contribution in [0.2, 0.25) is 0 Å². The first-order chi connectivity index (χ1) is 11.8. The zero-order valence-corrected chi connectivity index (χ0v) is 13.9. The Labute approximate surface area is 142 Å². The molecule has 2 aliphatic carbocycles. The van der Waals surface area contributed by atoms with Crippen LogP contribution in [-0.2, 0) is 14.2 Å². The third-order valence-corrected chi connectivity index (χ3v) is 5.40. The molecule has 4 heteroatoms. The first-order valence-electron chi connectivity index (χ1n) is 8.98. The van der Waals surface area contributed by atoms with E-state index in [1.807, 2.05) is 24.3 Å². The van der Waals surface area contributed by atoms with Crippen molar-refractivity contribution < 1.29 is 19.0 Å². The Hall–Kier alpha value is -1.65. The van der Waals surface area contributed by atoms with Gasteiger partial charge in [-0.1, -0.05) is 43.5 Å². The van der Waals surface area contributed by atoms with E-state index in [9.17, 15) is 4.79 Å². The standard InChI is InChI=1S/C20H24O4/c21-18(15-8-3-1-4-9-15)23-17-11-7-10-16(17)19-22-14-20(24-19)12-5-2-6-13-20/h1,3-4,7-9,11,16-17,19H,2,5-6,10,12-14H2/t16-,17-,19+/m1/s1. The molecule has 1 aliphatic heterocycles. The molecule has 0 amide bonds. The van der Waals surface area contributed by atoms with E-state index in [-0.39, 0.29) is 29.9 Å². The van der Waals surface area contributed by atoms with Crippen molar-refractivity contribution in [2.45, 2.75) is 56.5 Å². The molecule has 1 saturated heterocycles. The van der Waals surface area contributed by atoms with Crippen molar-refractivity contribution in [3.63, 3.8) is 0 Å². The average Bonchev–Trinajstić information content (AvgIpc) is 3.24. The molecule has 3 aliphatic rings. The van der Waals surface area contributed by atoms with Gasteiger partial charge in [0, 0.05) is 0 Å². The fourth-order valence-electron chi connectivity index (χ4n) is 4.02. The average molecular weight is 328 g/mol. The molecule has 1 aromatic rings. The molecule has 1 aromatic carbocycles. The van der Waals surface area contributed by atoms with Crippen molar-refractivity contribution in [2.75, 3.05) is 6.61 Å². The quantitative estimate of drug-likeness (QED) is 0.624. The maximum atomic E-state index is 12.3. The summed E-state index contributed by atoms with van der Waals surface area (Å²) in [5.74, 6) is -0.235. The molecule has 0 unspecified atom stereocenters. The molecule has 4 rings (SSSR count). The van der Waals surface area contributed by atoms with E-state index in [0.29, 0.717) is 12.2 Å². The van der Waals surface area contributed by atoms with Crippen LogP contribution < -0.4 is 0 Å². The lowest BCUT2D eigenvalue weighted by Crippen LogP contribution is -2.37. The van der Waals surface area contributed by atoms with E-state index in [4.69, 9.17) is 14.2 Å². The van der Waals surface area contributed by atoms with Gasteiger partial charge < -0.3 is 14.2 Å². The lowest BCUT2D eigenvalue weighted by molar-refractivity contribution is -0.144. The molecular formula is C20H24O4. The fraction of sp³-hybridized carbons (Fsp3) is 0.550. The highest BCUT2D eigenvalue weighted by molar-refractivity contribution is 5.89. The van der Waals surface area contributed by atoms with Gasteiger partial charge in [0.15, 0.2) is 6.29 Å². The molecule has 0 radical (unpaired) electrons. The van der Waals surface area contributed by atoms with Crippen LogP contribution in [-0.4, -0.2) is 30.6 Å². The van der Waals surface area contributed by atoms with Crippen LogP contribution in [0.4, 0.5) is 0 Å². The Morgan fingerprint density at radius 3 is 2.71 bits per heavy atom. The first kappa shape index (κ1) is 15.9. The van der Waals surface area contributed by atoms with Gasteiger partial charge in [-0.25, -0.2) is 4.79 Å². The van der Waals surface area contributed by atoms with Gasteiger partial charge in [0.2, 0.25) is 0 Å². The molecule has 4 nitrogen and oxygen atoms in total. The van der Waals surface area contributed by atoms with Crippen LogP contribution in [0.3, 0.4) is 0 Å². The number of esters is 1. The third kappa shape index (κ3) is 3.13. The number of carbonyl (C=O) groups excluding carboxylic acids is 1. The second-order valence-electron chi connectivity index (χ2n) is 7.10. The van der Waals surface area contributed by atoms with Crippen molar-refractivity contribution in [3.8, 4) is 0 Å². The van der Waals surface area contributed by atoms with Crippen LogP contribution in [0.1, 0.15) is 48.9 Å². The smallest absolute Gasteiger partial charge is 0.338 e. The number of carbonyl (C=O) groups is 1. The summed E-state index contributed by atoms with van der Waals surface area (Å²) in [5, 5.41) is 0. The maximum Gasteiger partial charge on any atom is 0.338 e. The Kier molecular flexibility index (Phi) is 4.42. The molecule has 2 fully saturated rings. The highest BCUT2D eigenvalue weighted by Crippen LogP contribution is 2.41. The van der Waals surface area contributed by atoms with Crippen LogP contribution >= 0.6 is 0 Å². The van der Waals surface area contributed by atoms with Crippen molar-refractivity contribution in [1.82, 2.24) is 0 Å². The summed E-state index contributed by atoms with van der Waals surface area (Å²) in [5.41, 5.74) is 0.480. The number of ether oxygens (including phenoxy) is 3. The minimum atomic E-state index is -0.289. The molecule has 3 atom stereocenters. The van der Waals surface area contributed by atoms with Gasteiger partial charge in [-0.15, -0.1) is 0 Å². The number of allylic oxidation sites excluding steroid dienone is 1. The molecule has 1 heterocycles. The number of rotatable bonds is 3. The zero-order chi connectivity index (χ0) is 16.4. The summed E-state index contributed by atoms with van der Waals surface area (Å²) in [7, 11) is 0. The lowest BCUT2D eigenvalue weighted by Gasteiger charge is -2.32. The molecule has 0 aromatic heterocycles. The van der Waals surface area contributed by atoms with Gasteiger partial charge >= 0.3 is 5.97 Å². The van der Waals surface area contributed by atoms with Crippen molar-refractivity contribution >= 4 is 5.97 Å². The SMILES string of the molecule is O=C(O[C@@H]1C=CC[C@H]1[C@H]1OCC2(CCCCC2)O1)c1ccccc1. The Morgan fingerprint density at radius 1 is 1.12 bits per heavy atom. The highest BCUT2D eigenvalue weighted by Gasteiger charge is 2.47. The Balaban J connectivity index is 1.40. The van der Waals surface area contributed by atoms with Gasteiger partial charge in [0.25, 0.3) is 0 Å². The van der Waals surface area contributed by atoms with Crippen molar-refractivity contribution in [2.24, 2.45) is 5.92 Å². The van der Waals surface area contributed by atoms with Crippen molar-refractivity contribution in [3.05, 3.63) is 48.0 Å². The summed E-state index contributed by atoms with van der Waals surface area (Å²) in [6.07, 6.45) is 10.2. The van der Waals surface area contributed by atoms with Gasteiger partial charge in [-0.2, -0.15) is 0 Å². The van der Waals surface area contributed by atoms with E-state index in [1.165, 1.54) is 19.3 Å². The Bertz CT molecular complexity index is 603. The van der Waals surface area contributed by atoms with Gasteiger partial charge in [0.1, 0.15) is 6.10 Å². The molecule has 0 bridgehead atoms. The largest absolute Gasteiger partial charge is 0.454 e. The first-order valence-corrected chi connectivity index (χ1v) is 8.98. The zero-order valence-electron chi connectivity index (χ0n) is 13.9. The number of hydrogen-bond acceptors (Lipinski definition) is 4. The van der Waals surface area contributed by atoms with E-state index < -0.39 is 0 Å². The molecule has 0 N–H and O–H groups in total. The molecule has 1 spiro atoms.